The Labute approximate surface area is 152 Å². The van der Waals surface area contributed by atoms with Gasteiger partial charge in [0.15, 0.2) is 5.92 Å². The Morgan fingerprint density at radius 1 is 1.23 bits per heavy atom. The molecule has 8 nitrogen and oxygen atoms in total. The SMILES string of the molecule is CCOc1ccc(N2C(=O)NC(=O)[C@@H](C=NCCCN(C)C)C2=O)cc1. The second-order valence-corrected chi connectivity index (χ2v) is 6.08. The van der Waals surface area contributed by atoms with Crippen LogP contribution in [0.4, 0.5) is 10.5 Å². The molecule has 1 heterocycles. The highest BCUT2D eigenvalue weighted by Gasteiger charge is 2.40. The maximum absolute atomic E-state index is 12.6. The van der Waals surface area contributed by atoms with Gasteiger partial charge in [-0.2, -0.15) is 0 Å². The average Bonchev–Trinajstić information content (AvgIpc) is 2.58. The molecular formula is C18H24N4O4. The number of imide groups is 2. The predicted molar refractivity (Wildman–Crippen MR) is 98.7 cm³/mol. The Bertz CT molecular complexity index is 685. The number of urea groups is 1. The molecule has 4 amide bonds. The molecule has 0 spiro atoms. The third-order valence-corrected chi connectivity index (χ3v) is 3.76. The fourth-order valence-electron chi connectivity index (χ4n) is 2.48. The highest BCUT2D eigenvalue weighted by Crippen LogP contribution is 2.23. The second-order valence-electron chi connectivity index (χ2n) is 6.08. The van der Waals surface area contributed by atoms with Crippen molar-refractivity contribution in [3.8, 4) is 5.75 Å². The lowest BCUT2D eigenvalue weighted by Gasteiger charge is -2.28. The van der Waals surface area contributed by atoms with Gasteiger partial charge in [-0.25, -0.2) is 9.69 Å². The van der Waals surface area contributed by atoms with Crippen molar-refractivity contribution < 1.29 is 19.1 Å². The number of hydrogen-bond donors (Lipinski definition) is 1. The summed E-state index contributed by atoms with van der Waals surface area (Å²) in [5, 5.41) is 2.20. The molecule has 0 aromatic heterocycles. The number of nitrogens with zero attached hydrogens (tertiary/aromatic N) is 3. The van der Waals surface area contributed by atoms with E-state index in [-0.39, 0.29) is 0 Å². The first-order valence-corrected chi connectivity index (χ1v) is 8.50. The zero-order chi connectivity index (χ0) is 19.1. The van der Waals surface area contributed by atoms with Crippen LogP contribution >= 0.6 is 0 Å². The van der Waals surface area contributed by atoms with Gasteiger partial charge < -0.3 is 9.64 Å². The first-order valence-electron chi connectivity index (χ1n) is 8.50. The van der Waals surface area contributed by atoms with Gasteiger partial charge in [-0.05, 0) is 58.3 Å². The van der Waals surface area contributed by atoms with Crippen LogP contribution in [0.5, 0.6) is 5.75 Å². The third kappa shape index (κ3) is 4.89. The molecule has 0 saturated carbocycles. The van der Waals surface area contributed by atoms with Gasteiger partial charge >= 0.3 is 6.03 Å². The highest BCUT2D eigenvalue weighted by atomic mass is 16.5. The van der Waals surface area contributed by atoms with Crippen molar-refractivity contribution >= 4 is 29.7 Å². The lowest BCUT2D eigenvalue weighted by atomic mass is 10.1. The zero-order valence-electron chi connectivity index (χ0n) is 15.3. The Morgan fingerprint density at radius 2 is 1.92 bits per heavy atom. The van der Waals surface area contributed by atoms with E-state index in [2.05, 4.69) is 10.3 Å². The lowest BCUT2D eigenvalue weighted by Crippen LogP contribution is -2.58. The Balaban J connectivity index is 2.09. The van der Waals surface area contributed by atoms with Gasteiger partial charge in [0.1, 0.15) is 5.75 Å². The first kappa shape index (κ1) is 19.6. The van der Waals surface area contributed by atoms with Crippen LogP contribution in [0.1, 0.15) is 13.3 Å². The van der Waals surface area contributed by atoms with Gasteiger partial charge in [0.2, 0.25) is 5.91 Å². The van der Waals surface area contributed by atoms with Crippen molar-refractivity contribution in [3.05, 3.63) is 24.3 Å². The maximum Gasteiger partial charge on any atom is 0.335 e. The van der Waals surface area contributed by atoms with Crippen molar-refractivity contribution in [3.63, 3.8) is 0 Å². The minimum absolute atomic E-state index is 0.370. The van der Waals surface area contributed by atoms with E-state index in [0.29, 0.717) is 24.6 Å². The van der Waals surface area contributed by atoms with Gasteiger partial charge in [-0.3, -0.25) is 19.9 Å². The maximum atomic E-state index is 12.6. The molecule has 1 aromatic rings. The largest absolute Gasteiger partial charge is 0.494 e. The molecule has 140 valence electrons. The number of carbonyl (C=O) groups excluding carboxylic acids is 3. The molecule has 1 saturated heterocycles. The van der Waals surface area contributed by atoms with Crippen LogP contribution in [-0.4, -0.2) is 62.8 Å². The van der Waals surface area contributed by atoms with E-state index in [9.17, 15) is 14.4 Å². The quantitative estimate of drug-likeness (QED) is 0.429. The van der Waals surface area contributed by atoms with Crippen LogP contribution in [0, 0.1) is 5.92 Å². The fourth-order valence-corrected chi connectivity index (χ4v) is 2.48. The summed E-state index contributed by atoms with van der Waals surface area (Å²) in [7, 11) is 3.92. The number of rotatable bonds is 8. The van der Waals surface area contributed by atoms with Crippen molar-refractivity contribution in [2.45, 2.75) is 13.3 Å². The summed E-state index contributed by atoms with van der Waals surface area (Å²) in [5.41, 5.74) is 0.370. The second kappa shape index (κ2) is 9.10. The van der Waals surface area contributed by atoms with Crippen LogP contribution in [0.25, 0.3) is 0 Å². The van der Waals surface area contributed by atoms with Crippen LogP contribution in [0.3, 0.4) is 0 Å². The number of anilines is 1. The minimum atomic E-state index is -1.11. The van der Waals surface area contributed by atoms with Gasteiger partial charge in [0.05, 0.1) is 12.3 Å². The summed E-state index contributed by atoms with van der Waals surface area (Å²) in [6.45, 7) is 3.75. The Kier molecular flexibility index (Phi) is 6.85. The summed E-state index contributed by atoms with van der Waals surface area (Å²) in [5.74, 6) is -1.74. The summed E-state index contributed by atoms with van der Waals surface area (Å²) >= 11 is 0. The third-order valence-electron chi connectivity index (χ3n) is 3.76. The molecule has 2 rings (SSSR count). The van der Waals surface area contributed by atoms with Crippen LogP contribution in [0.2, 0.25) is 0 Å². The van der Waals surface area contributed by atoms with Gasteiger partial charge in [0, 0.05) is 12.8 Å². The van der Waals surface area contributed by atoms with Gasteiger partial charge in [0.25, 0.3) is 5.91 Å². The molecule has 1 aliphatic heterocycles. The smallest absolute Gasteiger partial charge is 0.335 e. The molecule has 1 fully saturated rings. The number of hydrogen-bond acceptors (Lipinski definition) is 6. The molecule has 0 aliphatic carbocycles. The van der Waals surface area contributed by atoms with E-state index in [0.717, 1.165) is 17.9 Å². The summed E-state index contributed by atoms with van der Waals surface area (Å²) in [6, 6.07) is 5.77. The van der Waals surface area contributed by atoms with Crippen LogP contribution in [0.15, 0.2) is 29.3 Å². The van der Waals surface area contributed by atoms with E-state index >= 15 is 0 Å². The van der Waals surface area contributed by atoms with E-state index < -0.39 is 23.8 Å². The summed E-state index contributed by atoms with van der Waals surface area (Å²) in [4.78, 5) is 43.9. The molecule has 0 radical (unpaired) electrons. The topological polar surface area (TPSA) is 91.3 Å². The Morgan fingerprint density at radius 3 is 2.54 bits per heavy atom. The normalized spacial score (nSPS) is 17.9. The highest BCUT2D eigenvalue weighted by molar-refractivity contribution is 6.32. The molecule has 1 aliphatic rings. The summed E-state index contributed by atoms with van der Waals surface area (Å²) in [6.07, 6.45) is 2.13. The van der Waals surface area contributed by atoms with Crippen molar-refractivity contribution in [2.75, 3.05) is 38.7 Å². The van der Waals surface area contributed by atoms with E-state index in [4.69, 9.17) is 4.74 Å². The van der Waals surface area contributed by atoms with Crippen LogP contribution < -0.4 is 15.0 Å². The number of nitrogens with one attached hydrogen (secondary N) is 1. The lowest BCUT2D eigenvalue weighted by molar-refractivity contribution is -0.131. The molecular weight excluding hydrogens is 336 g/mol. The predicted octanol–water partition coefficient (Wildman–Crippen LogP) is 1.31. The molecule has 26 heavy (non-hydrogen) atoms. The van der Waals surface area contributed by atoms with E-state index in [1.807, 2.05) is 25.9 Å². The average molecular weight is 360 g/mol. The van der Waals surface area contributed by atoms with Crippen molar-refractivity contribution in [1.29, 1.82) is 0 Å². The van der Waals surface area contributed by atoms with Crippen LogP contribution in [-0.2, 0) is 9.59 Å². The summed E-state index contributed by atoms with van der Waals surface area (Å²) < 4.78 is 5.35. The minimum Gasteiger partial charge on any atom is -0.494 e. The fraction of sp³-hybridized carbons (Fsp3) is 0.444. The number of benzene rings is 1. The number of aliphatic imine (C=N–C) groups is 1. The number of amides is 4. The Hall–Kier alpha value is -2.74. The van der Waals surface area contributed by atoms with Crippen molar-refractivity contribution in [1.82, 2.24) is 10.2 Å². The number of barbiturate groups is 1. The van der Waals surface area contributed by atoms with Gasteiger partial charge in [-0.1, -0.05) is 0 Å². The molecule has 1 aromatic carbocycles. The van der Waals surface area contributed by atoms with E-state index in [1.165, 1.54) is 6.21 Å². The van der Waals surface area contributed by atoms with Gasteiger partial charge in [-0.15, -0.1) is 0 Å². The molecule has 0 unspecified atom stereocenters. The first-order chi connectivity index (χ1) is 12.4. The molecule has 1 N–H and O–H groups in total. The zero-order valence-corrected chi connectivity index (χ0v) is 15.3. The molecule has 1 atom stereocenters. The number of ether oxygens (including phenoxy) is 1. The molecule has 8 heteroatoms. The standard InChI is InChI=1S/C18H24N4O4/c1-4-26-14-8-6-13(7-9-14)22-17(24)15(16(23)20-18(22)25)12-19-10-5-11-21(2)3/h6-9,12,15H,4-5,10-11H2,1-3H3,(H,20,23,25)/t15-/m1/s1. The molecule has 0 bridgehead atoms. The van der Waals surface area contributed by atoms with Crippen molar-refractivity contribution in [2.24, 2.45) is 10.9 Å². The monoisotopic (exact) mass is 360 g/mol. The van der Waals surface area contributed by atoms with E-state index in [1.54, 1.807) is 24.3 Å². The number of carbonyl (C=O) groups is 3.